The maximum Gasteiger partial charge on any atom is 0.310 e. The summed E-state index contributed by atoms with van der Waals surface area (Å²) in [4.78, 5) is 24.5. The molecule has 1 heterocycles. The maximum atomic E-state index is 12.5. The number of hydrogen-bond donors (Lipinski definition) is 0. The predicted molar refractivity (Wildman–Crippen MR) is 89.1 cm³/mol. The first kappa shape index (κ1) is 15.4. The Balaban J connectivity index is 2.55. The Kier molecular flexibility index (Phi) is 4.49. The van der Waals surface area contributed by atoms with Crippen molar-refractivity contribution >= 4 is 37.4 Å². The summed E-state index contributed by atoms with van der Waals surface area (Å²) in [6.45, 7) is 6.82. The van der Waals surface area contributed by atoms with Crippen molar-refractivity contribution in [3.63, 3.8) is 0 Å². The molecule has 0 amide bonds. The molecule has 3 nitrogen and oxygen atoms in total. The average Bonchev–Trinajstić information content (AvgIpc) is 2.37. The van der Waals surface area contributed by atoms with Crippen molar-refractivity contribution in [3.05, 3.63) is 44.3 Å². The van der Waals surface area contributed by atoms with Gasteiger partial charge in [-0.15, -0.1) is 0 Å². The van der Waals surface area contributed by atoms with Crippen LogP contribution in [0.5, 0.6) is 0 Å². The van der Waals surface area contributed by atoms with E-state index in [1.807, 2.05) is 18.2 Å². The van der Waals surface area contributed by atoms with Crippen LogP contribution in [0.25, 0.3) is 10.1 Å². The molecule has 0 aliphatic carbocycles. The van der Waals surface area contributed by atoms with Crippen LogP contribution in [-0.4, -0.2) is 9.90 Å². The van der Waals surface area contributed by atoms with Gasteiger partial charge >= 0.3 is 4.87 Å². The van der Waals surface area contributed by atoms with Crippen LogP contribution in [0.4, 0.5) is 0 Å². The Labute approximate surface area is 130 Å². The number of benzene rings is 1. The van der Waals surface area contributed by atoms with Gasteiger partial charge in [-0.1, -0.05) is 60.2 Å². The van der Waals surface area contributed by atoms with E-state index in [2.05, 4.69) is 36.7 Å². The van der Waals surface area contributed by atoms with Gasteiger partial charge in [0.25, 0.3) is 5.56 Å². The first-order valence-corrected chi connectivity index (χ1v) is 8.47. The minimum atomic E-state index is -0.181. The summed E-state index contributed by atoms with van der Waals surface area (Å²) >= 11 is 4.63. The van der Waals surface area contributed by atoms with Crippen molar-refractivity contribution in [2.24, 2.45) is 11.3 Å². The number of rotatable bonds is 3. The van der Waals surface area contributed by atoms with Gasteiger partial charge in [0.2, 0.25) is 0 Å². The van der Waals surface area contributed by atoms with Crippen LogP contribution in [0.3, 0.4) is 0 Å². The highest BCUT2D eigenvalue weighted by molar-refractivity contribution is 9.09. The van der Waals surface area contributed by atoms with E-state index in [4.69, 9.17) is 0 Å². The molecule has 2 rings (SSSR count). The fraction of sp³-hybridized carbons (Fsp3) is 0.467. The van der Waals surface area contributed by atoms with Gasteiger partial charge in [0, 0.05) is 16.6 Å². The third-order valence-corrected chi connectivity index (χ3v) is 5.35. The zero-order valence-corrected chi connectivity index (χ0v) is 14.3. The summed E-state index contributed by atoms with van der Waals surface area (Å²) in [6, 6.07) is 7.28. The van der Waals surface area contributed by atoms with E-state index >= 15 is 0 Å². The number of aromatic nitrogens is 1. The molecule has 0 saturated carbocycles. The molecule has 0 aliphatic heterocycles. The molecular formula is C15H18BrNO2S. The van der Waals surface area contributed by atoms with Gasteiger partial charge in [-0.25, -0.2) is 0 Å². The number of nitrogens with zero attached hydrogens (tertiary/aromatic N) is 1. The van der Waals surface area contributed by atoms with Crippen molar-refractivity contribution in [2.45, 2.75) is 27.3 Å². The molecule has 0 fully saturated rings. The fourth-order valence-electron chi connectivity index (χ4n) is 2.04. The molecule has 108 valence electrons. The Morgan fingerprint density at radius 1 is 1.25 bits per heavy atom. The second-order valence-electron chi connectivity index (χ2n) is 6.00. The topological polar surface area (TPSA) is 39.1 Å². The van der Waals surface area contributed by atoms with Gasteiger partial charge in [0.15, 0.2) is 0 Å². The lowest BCUT2D eigenvalue weighted by Gasteiger charge is -2.29. The molecule has 0 bridgehead atoms. The molecule has 1 unspecified atom stereocenters. The lowest BCUT2D eigenvalue weighted by molar-refractivity contribution is 0.236. The molecule has 1 aromatic carbocycles. The van der Waals surface area contributed by atoms with E-state index < -0.39 is 0 Å². The summed E-state index contributed by atoms with van der Waals surface area (Å²) in [5.41, 5.74) is -0.148. The van der Waals surface area contributed by atoms with Crippen LogP contribution in [0.2, 0.25) is 0 Å². The second-order valence-corrected chi connectivity index (χ2v) is 7.64. The Morgan fingerprint density at radius 3 is 2.50 bits per heavy atom. The zero-order valence-electron chi connectivity index (χ0n) is 11.9. The molecule has 0 N–H and O–H groups in total. The summed E-state index contributed by atoms with van der Waals surface area (Å²) < 4.78 is 2.13. The second kappa shape index (κ2) is 5.82. The van der Waals surface area contributed by atoms with Crippen LogP contribution in [0, 0.1) is 11.3 Å². The van der Waals surface area contributed by atoms with Gasteiger partial charge in [0.05, 0.1) is 5.39 Å². The molecule has 0 aliphatic rings. The molecular weight excluding hydrogens is 338 g/mol. The highest BCUT2D eigenvalue weighted by atomic mass is 79.9. The van der Waals surface area contributed by atoms with Gasteiger partial charge in [-0.3, -0.25) is 14.2 Å². The molecule has 5 heteroatoms. The predicted octanol–water partition coefficient (Wildman–Crippen LogP) is 3.48. The number of halogens is 1. The van der Waals surface area contributed by atoms with Crippen molar-refractivity contribution in [2.75, 3.05) is 5.33 Å². The van der Waals surface area contributed by atoms with Gasteiger partial charge < -0.3 is 0 Å². The van der Waals surface area contributed by atoms with E-state index in [9.17, 15) is 9.59 Å². The lowest BCUT2D eigenvalue weighted by Crippen LogP contribution is -2.37. The Morgan fingerprint density at radius 2 is 1.90 bits per heavy atom. The standard InChI is InChI=1S/C15H18BrNO2S/c1-15(2,3)10(8-16)9-17-13(18)11-6-4-5-7-12(11)20-14(17)19/h4-7,10H,8-9H2,1-3H3. The highest BCUT2D eigenvalue weighted by Crippen LogP contribution is 2.28. The van der Waals surface area contributed by atoms with Gasteiger partial charge in [-0.05, 0) is 23.5 Å². The van der Waals surface area contributed by atoms with E-state index in [-0.39, 0.29) is 21.8 Å². The smallest absolute Gasteiger partial charge is 0.269 e. The van der Waals surface area contributed by atoms with Crippen LogP contribution in [0.1, 0.15) is 20.8 Å². The highest BCUT2D eigenvalue weighted by Gasteiger charge is 2.25. The van der Waals surface area contributed by atoms with E-state index in [0.717, 1.165) is 21.4 Å². The number of hydrogen-bond acceptors (Lipinski definition) is 3. The average molecular weight is 356 g/mol. The number of alkyl halides is 1. The Bertz CT molecular complexity index is 727. The molecule has 2 aromatic rings. The molecule has 0 spiro atoms. The molecule has 1 aromatic heterocycles. The molecule has 20 heavy (non-hydrogen) atoms. The van der Waals surface area contributed by atoms with Gasteiger partial charge in [-0.2, -0.15) is 0 Å². The van der Waals surface area contributed by atoms with Crippen molar-refractivity contribution in [1.82, 2.24) is 4.57 Å². The third-order valence-electron chi connectivity index (χ3n) is 3.59. The van der Waals surface area contributed by atoms with Crippen LogP contribution < -0.4 is 10.4 Å². The lowest BCUT2D eigenvalue weighted by atomic mass is 9.82. The summed E-state index contributed by atoms with van der Waals surface area (Å²) in [5, 5.41) is 1.39. The van der Waals surface area contributed by atoms with Gasteiger partial charge in [0.1, 0.15) is 0 Å². The van der Waals surface area contributed by atoms with Crippen LogP contribution >= 0.6 is 27.3 Å². The molecule has 0 radical (unpaired) electrons. The first-order chi connectivity index (χ1) is 9.34. The minimum Gasteiger partial charge on any atom is -0.269 e. The zero-order chi connectivity index (χ0) is 14.9. The minimum absolute atomic E-state index is 0.0334. The largest absolute Gasteiger partial charge is 0.310 e. The Hall–Kier alpha value is -0.940. The monoisotopic (exact) mass is 355 g/mol. The van der Waals surface area contributed by atoms with E-state index in [1.54, 1.807) is 6.07 Å². The van der Waals surface area contributed by atoms with E-state index in [0.29, 0.717) is 11.9 Å². The van der Waals surface area contributed by atoms with E-state index in [1.165, 1.54) is 4.57 Å². The summed E-state index contributed by atoms with van der Waals surface area (Å²) in [5.74, 6) is 0.223. The van der Waals surface area contributed by atoms with Crippen molar-refractivity contribution < 1.29 is 0 Å². The molecule has 0 saturated heterocycles. The third kappa shape index (κ3) is 3.04. The number of fused-ring (bicyclic) bond motifs is 1. The van der Waals surface area contributed by atoms with Crippen LogP contribution in [0.15, 0.2) is 33.9 Å². The normalized spacial score (nSPS) is 13.6. The maximum absolute atomic E-state index is 12.5. The SMILES string of the molecule is CC(C)(C)C(CBr)Cn1c(=O)sc2ccccc2c1=O. The quantitative estimate of drug-likeness (QED) is 0.790. The summed E-state index contributed by atoms with van der Waals surface area (Å²) in [6.07, 6.45) is 0. The molecule has 1 atom stereocenters. The van der Waals surface area contributed by atoms with Crippen molar-refractivity contribution in [3.8, 4) is 0 Å². The summed E-state index contributed by atoms with van der Waals surface area (Å²) in [7, 11) is 0. The van der Waals surface area contributed by atoms with Crippen molar-refractivity contribution in [1.29, 1.82) is 0 Å². The van der Waals surface area contributed by atoms with Crippen LogP contribution in [-0.2, 0) is 6.54 Å². The first-order valence-electron chi connectivity index (χ1n) is 6.53. The fourth-order valence-corrected chi connectivity index (χ4v) is 4.09.